The second-order valence-electron chi connectivity index (χ2n) is 8.38. The maximum Gasteiger partial charge on any atom is 0.405 e. The number of hydrogen-bond acceptors (Lipinski definition) is 4. The normalized spacial score (nSPS) is 15.3. The maximum atomic E-state index is 13.4. The van der Waals surface area contributed by atoms with Crippen LogP contribution in [0.1, 0.15) is 30.5 Å². The summed E-state index contributed by atoms with van der Waals surface area (Å²) in [6, 6.07) is 15.1. The summed E-state index contributed by atoms with van der Waals surface area (Å²) in [5.41, 5.74) is 2.86. The molecule has 5 nitrogen and oxygen atoms in total. The summed E-state index contributed by atoms with van der Waals surface area (Å²) >= 11 is 0. The van der Waals surface area contributed by atoms with Crippen molar-refractivity contribution >= 4 is 47.9 Å². The number of hydrogen-bond donors (Lipinski definition) is 0. The molecule has 0 amide bonds. The van der Waals surface area contributed by atoms with E-state index in [4.69, 9.17) is 15.4 Å². The van der Waals surface area contributed by atoms with E-state index in [1.165, 1.54) is 6.07 Å². The van der Waals surface area contributed by atoms with Gasteiger partial charge in [-0.3, -0.25) is 0 Å². The van der Waals surface area contributed by atoms with E-state index in [0.717, 1.165) is 22.0 Å². The van der Waals surface area contributed by atoms with Gasteiger partial charge >= 0.3 is 5.97 Å². The van der Waals surface area contributed by atoms with Crippen molar-refractivity contribution in [1.82, 2.24) is 0 Å². The lowest BCUT2D eigenvalue weighted by atomic mass is 9.81. The van der Waals surface area contributed by atoms with Crippen LogP contribution in [0.4, 0.5) is 5.69 Å². The quantitative estimate of drug-likeness (QED) is 0.241. The molecule has 0 aliphatic carbocycles. The molecule has 0 saturated carbocycles. The summed E-state index contributed by atoms with van der Waals surface area (Å²) in [5.74, 6) is -0.313. The highest BCUT2D eigenvalue weighted by Gasteiger charge is 2.50. The second-order valence-corrected chi connectivity index (χ2v) is 10.9. The number of nitrogens with zero attached hydrogens (tertiary/aromatic N) is 1. The van der Waals surface area contributed by atoms with Crippen molar-refractivity contribution in [3.63, 3.8) is 0 Å². The summed E-state index contributed by atoms with van der Waals surface area (Å²) in [6.45, 7) is 7.32. The van der Waals surface area contributed by atoms with E-state index in [2.05, 4.69) is 6.07 Å². The van der Waals surface area contributed by atoms with E-state index in [0.29, 0.717) is 16.8 Å². The Morgan fingerprint density at radius 1 is 1.03 bits per heavy atom. The van der Waals surface area contributed by atoms with Crippen LogP contribution in [0.3, 0.4) is 0 Å². The minimum absolute atomic E-state index is 0.0686. The molecule has 160 valence electrons. The SMILES string of the molecule is Cc1ccc(S(=O)(=O)Cl)c(C)c1OC(=O)C1=[N+](C)c2c(ccc3ccccc23)C1(C)C. The molecule has 1 aliphatic rings. The first-order chi connectivity index (χ1) is 14.4. The minimum atomic E-state index is -3.97. The number of aryl methyl sites for hydroxylation is 1. The Morgan fingerprint density at radius 2 is 1.71 bits per heavy atom. The van der Waals surface area contributed by atoms with Crippen LogP contribution in [0.2, 0.25) is 0 Å². The summed E-state index contributed by atoms with van der Waals surface area (Å²) in [6.07, 6.45) is 0. The first-order valence-electron chi connectivity index (χ1n) is 9.85. The fraction of sp³-hybridized carbons (Fsp3) is 0.250. The Morgan fingerprint density at radius 3 is 2.39 bits per heavy atom. The number of ether oxygens (including phenoxy) is 1. The predicted octanol–water partition coefficient (Wildman–Crippen LogP) is 5.00. The summed E-state index contributed by atoms with van der Waals surface area (Å²) < 4.78 is 31.5. The van der Waals surface area contributed by atoms with Gasteiger partial charge in [0, 0.05) is 21.8 Å². The van der Waals surface area contributed by atoms with Crippen LogP contribution in [0.25, 0.3) is 10.8 Å². The van der Waals surface area contributed by atoms with E-state index in [1.807, 2.05) is 55.8 Å². The van der Waals surface area contributed by atoms with Crippen molar-refractivity contribution in [3.8, 4) is 5.75 Å². The second kappa shape index (κ2) is 7.18. The first kappa shape index (κ1) is 21.5. The Hall–Kier alpha value is -2.70. The average Bonchev–Trinajstić information content (AvgIpc) is 2.89. The van der Waals surface area contributed by atoms with Gasteiger partial charge < -0.3 is 4.74 Å². The van der Waals surface area contributed by atoms with Gasteiger partial charge in [0.15, 0.2) is 0 Å². The third-order valence-corrected chi connectivity index (χ3v) is 7.51. The van der Waals surface area contributed by atoms with E-state index in [-0.39, 0.29) is 10.6 Å². The Bertz CT molecular complexity index is 1400. The van der Waals surface area contributed by atoms with Gasteiger partial charge in [0.25, 0.3) is 14.8 Å². The van der Waals surface area contributed by atoms with Gasteiger partial charge in [0.05, 0.1) is 15.7 Å². The van der Waals surface area contributed by atoms with Crippen molar-refractivity contribution in [1.29, 1.82) is 0 Å². The standard InChI is InChI=1S/C24H23ClNO4S/c1-14-10-13-19(31(25,28)29)15(2)21(14)30-23(27)22-24(3,4)18-12-11-16-8-6-7-9-17(16)20(18)26(22)5/h6-13H,1-5H3/q+1. The van der Waals surface area contributed by atoms with Crippen LogP contribution in [0, 0.1) is 13.8 Å². The molecular formula is C24H23ClNO4S+. The Kier molecular flexibility index (Phi) is 4.98. The van der Waals surface area contributed by atoms with E-state index < -0.39 is 20.4 Å². The smallest absolute Gasteiger partial charge is 0.405 e. The van der Waals surface area contributed by atoms with Gasteiger partial charge in [-0.25, -0.2) is 13.2 Å². The molecule has 31 heavy (non-hydrogen) atoms. The lowest BCUT2D eigenvalue weighted by Gasteiger charge is -2.18. The molecule has 0 saturated heterocycles. The monoisotopic (exact) mass is 456 g/mol. The molecule has 3 aromatic rings. The van der Waals surface area contributed by atoms with Crippen molar-refractivity contribution in [2.75, 3.05) is 7.05 Å². The zero-order valence-corrected chi connectivity index (χ0v) is 19.6. The summed E-state index contributed by atoms with van der Waals surface area (Å²) in [5, 5.41) is 2.14. The molecule has 0 aromatic heterocycles. The molecule has 7 heteroatoms. The van der Waals surface area contributed by atoms with Crippen molar-refractivity contribution < 1.29 is 22.5 Å². The van der Waals surface area contributed by atoms with E-state index in [9.17, 15) is 13.2 Å². The van der Waals surface area contributed by atoms with Gasteiger partial charge in [0.2, 0.25) is 5.69 Å². The van der Waals surface area contributed by atoms with Crippen LogP contribution in [0.15, 0.2) is 53.4 Å². The van der Waals surface area contributed by atoms with Gasteiger partial charge in [-0.05, 0) is 50.8 Å². The van der Waals surface area contributed by atoms with Crippen molar-refractivity contribution in [3.05, 3.63) is 65.2 Å². The third kappa shape index (κ3) is 3.34. The number of fused-ring (bicyclic) bond motifs is 3. The molecule has 0 atom stereocenters. The minimum Gasteiger partial charge on any atom is -0.418 e. The molecule has 0 radical (unpaired) electrons. The maximum absolute atomic E-state index is 13.4. The van der Waals surface area contributed by atoms with Crippen molar-refractivity contribution in [2.45, 2.75) is 38.0 Å². The lowest BCUT2D eigenvalue weighted by Crippen LogP contribution is -2.38. The molecule has 1 aliphatic heterocycles. The van der Waals surface area contributed by atoms with Crippen LogP contribution in [-0.2, 0) is 19.3 Å². The van der Waals surface area contributed by atoms with Gasteiger partial charge in [-0.15, -0.1) is 0 Å². The van der Waals surface area contributed by atoms with Crippen LogP contribution in [-0.4, -0.2) is 31.7 Å². The van der Waals surface area contributed by atoms with E-state index in [1.54, 1.807) is 19.9 Å². The van der Waals surface area contributed by atoms with Crippen LogP contribution >= 0.6 is 10.7 Å². The van der Waals surface area contributed by atoms with Crippen molar-refractivity contribution in [2.24, 2.45) is 0 Å². The van der Waals surface area contributed by atoms with Crippen LogP contribution in [0.5, 0.6) is 5.75 Å². The largest absolute Gasteiger partial charge is 0.418 e. The Labute approximate surface area is 186 Å². The number of benzene rings is 3. The highest BCUT2D eigenvalue weighted by atomic mass is 35.7. The molecule has 0 bridgehead atoms. The highest BCUT2D eigenvalue weighted by Crippen LogP contribution is 2.43. The Balaban J connectivity index is 1.85. The summed E-state index contributed by atoms with van der Waals surface area (Å²) in [4.78, 5) is 13.4. The first-order valence-corrected chi connectivity index (χ1v) is 12.2. The van der Waals surface area contributed by atoms with Gasteiger partial charge in [-0.1, -0.05) is 36.4 Å². The lowest BCUT2D eigenvalue weighted by molar-refractivity contribution is -0.400. The molecule has 1 heterocycles. The van der Waals surface area contributed by atoms with Gasteiger partial charge in [0.1, 0.15) is 12.8 Å². The molecule has 4 rings (SSSR count). The number of rotatable bonds is 3. The zero-order valence-electron chi connectivity index (χ0n) is 18.0. The number of halogens is 1. The highest BCUT2D eigenvalue weighted by molar-refractivity contribution is 8.13. The number of carbonyl (C=O) groups excluding carboxylic acids is 1. The number of carbonyl (C=O) groups is 1. The van der Waals surface area contributed by atoms with E-state index >= 15 is 0 Å². The molecule has 0 fully saturated rings. The predicted molar refractivity (Wildman–Crippen MR) is 122 cm³/mol. The zero-order chi connectivity index (χ0) is 22.7. The third-order valence-electron chi connectivity index (χ3n) is 6.04. The fourth-order valence-electron chi connectivity index (χ4n) is 4.54. The number of esters is 1. The topological polar surface area (TPSA) is 63.5 Å². The van der Waals surface area contributed by atoms with Crippen LogP contribution < -0.4 is 4.74 Å². The molecular weight excluding hydrogens is 434 g/mol. The molecule has 3 aromatic carbocycles. The molecule has 0 unspecified atom stereocenters. The van der Waals surface area contributed by atoms with Gasteiger partial charge in [-0.2, -0.15) is 4.58 Å². The fourth-order valence-corrected chi connectivity index (χ4v) is 5.73. The average molecular weight is 457 g/mol. The summed E-state index contributed by atoms with van der Waals surface area (Å²) in [7, 11) is 3.45. The molecule has 0 spiro atoms. The molecule has 0 N–H and O–H groups in total.